The van der Waals surface area contributed by atoms with Gasteiger partial charge in [0.25, 0.3) is 0 Å². The quantitative estimate of drug-likeness (QED) is 0.589. The Hall–Kier alpha value is -1.66. The number of anilines is 1. The van der Waals surface area contributed by atoms with Crippen LogP contribution in [0.2, 0.25) is 0 Å². The number of nitroso groups, excluding NO2 is 1. The molecule has 2 rings (SSSR count). The molecular weight excluding hydrogens is 210 g/mol. The van der Waals surface area contributed by atoms with Crippen molar-refractivity contribution in [2.24, 2.45) is 5.29 Å². The highest BCUT2D eigenvalue weighted by atomic mass is 16.5. The van der Waals surface area contributed by atoms with Crippen molar-refractivity contribution in [3.63, 3.8) is 0 Å². The molecule has 0 saturated carbocycles. The fourth-order valence-electron chi connectivity index (χ4n) is 1.15. The molecule has 1 aliphatic rings. The Labute approximate surface area is 93.7 Å². The third kappa shape index (κ3) is 4.72. The van der Waals surface area contributed by atoms with Crippen LogP contribution in [-0.2, 0) is 4.74 Å². The summed E-state index contributed by atoms with van der Waals surface area (Å²) in [5.74, 6) is 0. The van der Waals surface area contributed by atoms with E-state index >= 15 is 0 Å². The molecule has 0 spiro atoms. The van der Waals surface area contributed by atoms with Crippen molar-refractivity contribution in [2.45, 2.75) is 0 Å². The van der Waals surface area contributed by atoms with Gasteiger partial charge < -0.3 is 4.74 Å². The summed E-state index contributed by atoms with van der Waals surface area (Å²) >= 11 is 0. The second-order valence-electron chi connectivity index (χ2n) is 3.13. The van der Waals surface area contributed by atoms with Gasteiger partial charge in [0.1, 0.15) is 0 Å². The highest BCUT2D eigenvalue weighted by molar-refractivity contribution is 5.39. The SMILES string of the molecule is O=NN1CCOCC1.ONc1ccccc1. The van der Waals surface area contributed by atoms with E-state index in [-0.39, 0.29) is 0 Å². The minimum Gasteiger partial charge on any atom is -0.378 e. The average Bonchev–Trinajstić information content (AvgIpc) is 2.41. The summed E-state index contributed by atoms with van der Waals surface area (Å²) in [6.07, 6.45) is 0. The van der Waals surface area contributed by atoms with Crippen molar-refractivity contribution in [1.82, 2.24) is 5.01 Å². The summed E-state index contributed by atoms with van der Waals surface area (Å²) in [6, 6.07) is 9.14. The van der Waals surface area contributed by atoms with E-state index in [0.29, 0.717) is 32.0 Å². The molecule has 1 saturated heterocycles. The second-order valence-corrected chi connectivity index (χ2v) is 3.13. The summed E-state index contributed by atoms with van der Waals surface area (Å²) < 4.78 is 4.96. The smallest absolute Gasteiger partial charge is 0.0660 e. The first-order chi connectivity index (χ1) is 7.86. The van der Waals surface area contributed by atoms with Gasteiger partial charge in [-0.15, -0.1) is 4.91 Å². The molecule has 88 valence electrons. The maximum atomic E-state index is 9.78. The molecule has 0 amide bonds. The van der Waals surface area contributed by atoms with E-state index in [1.54, 1.807) is 12.1 Å². The lowest BCUT2D eigenvalue weighted by atomic mass is 10.3. The number of ether oxygens (including phenoxy) is 1. The number of hydrogen-bond donors (Lipinski definition) is 2. The van der Waals surface area contributed by atoms with Crippen LogP contribution in [0, 0.1) is 4.91 Å². The predicted molar refractivity (Wildman–Crippen MR) is 60.0 cm³/mol. The van der Waals surface area contributed by atoms with Crippen LogP contribution in [0.4, 0.5) is 5.69 Å². The highest BCUT2D eigenvalue weighted by Gasteiger charge is 2.06. The van der Waals surface area contributed by atoms with Gasteiger partial charge in [-0.1, -0.05) is 18.2 Å². The van der Waals surface area contributed by atoms with E-state index in [0.717, 1.165) is 0 Å². The van der Waals surface area contributed by atoms with Crippen molar-refractivity contribution in [3.8, 4) is 0 Å². The van der Waals surface area contributed by atoms with Crippen LogP contribution < -0.4 is 5.48 Å². The zero-order chi connectivity index (χ0) is 11.6. The monoisotopic (exact) mass is 225 g/mol. The molecule has 2 N–H and O–H groups in total. The zero-order valence-corrected chi connectivity index (χ0v) is 8.87. The Bertz CT molecular complexity index is 289. The van der Waals surface area contributed by atoms with Crippen molar-refractivity contribution in [1.29, 1.82) is 0 Å². The molecule has 6 nitrogen and oxygen atoms in total. The average molecular weight is 225 g/mol. The summed E-state index contributed by atoms with van der Waals surface area (Å²) in [7, 11) is 0. The lowest BCUT2D eigenvalue weighted by molar-refractivity contribution is 0.0383. The van der Waals surface area contributed by atoms with Gasteiger partial charge in [-0.2, -0.15) is 0 Å². The minimum absolute atomic E-state index is 0.631. The Morgan fingerprint density at radius 2 is 1.88 bits per heavy atom. The predicted octanol–water partition coefficient (Wildman–Crippen LogP) is 1.49. The molecule has 0 aromatic heterocycles. The number of nitrogens with zero attached hydrogens (tertiary/aromatic N) is 2. The van der Waals surface area contributed by atoms with E-state index in [1.165, 1.54) is 5.01 Å². The molecule has 16 heavy (non-hydrogen) atoms. The van der Waals surface area contributed by atoms with Crippen LogP contribution in [-0.4, -0.2) is 36.5 Å². The van der Waals surface area contributed by atoms with Gasteiger partial charge in [0, 0.05) is 0 Å². The molecule has 0 aliphatic carbocycles. The lowest BCUT2D eigenvalue weighted by Crippen LogP contribution is -2.31. The minimum atomic E-state index is 0.631. The third-order valence-corrected chi connectivity index (χ3v) is 2.01. The Morgan fingerprint density at radius 1 is 1.25 bits per heavy atom. The standard InChI is InChI=1S/C6H7NO.C4H8N2O2/c8-7-6-4-2-1-3-5-6;7-5-6-1-3-8-4-2-6/h1-5,7-8H;1-4H2. The summed E-state index contributed by atoms with van der Waals surface area (Å²) in [6.45, 7) is 2.55. The Kier molecular flexibility index (Phi) is 5.90. The summed E-state index contributed by atoms with van der Waals surface area (Å²) in [4.78, 5) is 9.78. The maximum absolute atomic E-state index is 9.78. The first-order valence-electron chi connectivity index (χ1n) is 4.98. The number of hydrogen-bond acceptors (Lipinski definition) is 5. The topological polar surface area (TPSA) is 74.2 Å². The van der Waals surface area contributed by atoms with Gasteiger partial charge in [0.15, 0.2) is 0 Å². The normalized spacial score (nSPS) is 14.7. The first kappa shape index (κ1) is 12.4. The van der Waals surface area contributed by atoms with Gasteiger partial charge in [-0.3, -0.25) is 15.7 Å². The third-order valence-electron chi connectivity index (χ3n) is 2.01. The van der Waals surface area contributed by atoms with Gasteiger partial charge in [-0.25, -0.2) is 0 Å². The largest absolute Gasteiger partial charge is 0.378 e. The van der Waals surface area contributed by atoms with Crippen LogP contribution in [0.5, 0.6) is 0 Å². The zero-order valence-electron chi connectivity index (χ0n) is 8.87. The van der Waals surface area contributed by atoms with Crippen LogP contribution in [0.25, 0.3) is 0 Å². The van der Waals surface area contributed by atoms with Gasteiger partial charge >= 0.3 is 0 Å². The van der Waals surface area contributed by atoms with Gasteiger partial charge in [-0.05, 0) is 12.1 Å². The second kappa shape index (κ2) is 7.61. The number of rotatable bonds is 2. The van der Waals surface area contributed by atoms with E-state index in [4.69, 9.17) is 9.94 Å². The molecule has 1 aliphatic heterocycles. The molecule has 1 heterocycles. The van der Waals surface area contributed by atoms with E-state index in [1.807, 2.05) is 23.7 Å². The molecule has 0 unspecified atom stereocenters. The van der Waals surface area contributed by atoms with Crippen molar-refractivity contribution in [3.05, 3.63) is 35.2 Å². The molecule has 1 aromatic rings. The van der Waals surface area contributed by atoms with Gasteiger partial charge in [0.05, 0.1) is 37.3 Å². The number of benzene rings is 1. The fourth-order valence-corrected chi connectivity index (χ4v) is 1.15. The Morgan fingerprint density at radius 3 is 2.25 bits per heavy atom. The van der Waals surface area contributed by atoms with E-state index in [2.05, 4.69) is 5.29 Å². The summed E-state index contributed by atoms with van der Waals surface area (Å²) in [5, 5.41) is 12.5. The first-order valence-corrected chi connectivity index (χ1v) is 4.98. The Balaban J connectivity index is 0.000000160. The summed E-state index contributed by atoms with van der Waals surface area (Å²) in [5.41, 5.74) is 2.74. The van der Waals surface area contributed by atoms with Crippen LogP contribution in [0.1, 0.15) is 0 Å². The fraction of sp³-hybridized carbons (Fsp3) is 0.400. The van der Waals surface area contributed by atoms with E-state index < -0.39 is 0 Å². The van der Waals surface area contributed by atoms with Crippen molar-refractivity contribution in [2.75, 3.05) is 31.8 Å². The number of morpholine rings is 1. The van der Waals surface area contributed by atoms with E-state index in [9.17, 15) is 4.91 Å². The number of nitrogens with one attached hydrogen (secondary N) is 1. The molecule has 1 fully saturated rings. The van der Waals surface area contributed by atoms with Crippen LogP contribution >= 0.6 is 0 Å². The molecule has 0 atom stereocenters. The molecule has 6 heteroatoms. The molecular formula is C10H15N3O3. The van der Waals surface area contributed by atoms with Crippen LogP contribution in [0.15, 0.2) is 35.6 Å². The molecule has 1 aromatic carbocycles. The highest BCUT2D eigenvalue weighted by Crippen LogP contribution is 2.01. The van der Waals surface area contributed by atoms with Crippen molar-refractivity contribution >= 4 is 5.69 Å². The molecule has 0 radical (unpaired) electrons. The number of para-hydroxylation sites is 1. The maximum Gasteiger partial charge on any atom is 0.0660 e. The molecule has 0 bridgehead atoms. The van der Waals surface area contributed by atoms with Gasteiger partial charge in [0.2, 0.25) is 0 Å². The lowest BCUT2D eigenvalue weighted by Gasteiger charge is -2.19. The van der Waals surface area contributed by atoms with Crippen LogP contribution in [0.3, 0.4) is 0 Å². The van der Waals surface area contributed by atoms with Crippen molar-refractivity contribution < 1.29 is 9.94 Å².